The Bertz CT molecular complexity index is 1000. The molecule has 1 aliphatic heterocycles. The number of piperazine rings is 1. The van der Waals surface area contributed by atoms with Gasteiger partial charge in [0.1, 0.15) is 5.65 Å². The Kier molecular flexibility index (Phi) is 5.32. The highest BCUT2D eigenvalue weighted by atomic mass is 35.5. The summed E-state index contributed by atoms with van der Waals surface area (Å²) in [5, 5.41) is 3.25. The van der Waals surface area contributed by atoms with Gasteiger partial charge in [0.15, 0.2) is 5.15 Å². The second-order valence-corrected chi connectivity index (χ2v) is 7.23. The number of anilines is 2. The highest BCUT2D eigenvalue weighted by Gasteiger charge is 2.14. The van der Waals surface area contributed by atoms with Gasteiger partial charge in [-0.25, -0.2) is 4.98 Å². The predicted octanol–water partition coefficient (Wildman–Crippen LogP) is 3.39. The lowest BCUT2D eigenvalue weighted by Gasteiger charge is -2.34. The Morgan fingerprint density at radius 3 is 2.61 bits per heavy atom. The maximum absolute atomic E-state index is 12.3. The molecule has 0 spiro atoms. The van der Waals surface area contributed by atoms with Crippen molar-refractivity contribution in [3.8, 4) is 0 Å². The molecule has 144 valence electrons. The van der Waals surface area contributed by atoms with Crippen LogP contribution in [0.3, 0.4) is 0 Å². The predicted molar refractivity (Wildman–Crippen MR) is 114 cm³/mol. The zero-order valence-corrected chi connectivity index (χ0v) is 16.4. The molecule has 1 fully saturated rings. The van der Waals surface area contributed by atoms with E-state index in [1.807, 2.05) is 53.1 Å². The second kappa shape index (κ2) is 8.04. The van der Waals surface area contributed by atoms with Crippen LogP contribution >= 0.6 is 11.6 Å². The zero-order chi connectivity index (χ0) is 19.5. The van der Waals surface area contributed by atoms with Crippen molar-refractivity contribution in [1.29, 1.82) is 0 Å². The third-order valence-electron chi connectivity index (χ3n) is 4.92. The van der Waals surface area contributed by atoms with E-state index in [0.29, 0.717) is 10.8 Å². The van der Waals surface area contributed by atoms with Crippen LogP contribution in [0.5, 0.6) is 0 Å². The fraction of sp³-hybridized carbons (Fsp3) is 0.238. The zero-order valence-electron chi connectivity index (χ0n) is 15.7. The van der Waals surface area contributed by atoms with Crippen LogP contribution in [0.4, 0.5) is 11.4 Å². The number of amides is 1. The summed E-state index contributed by atoms with van der Waals surface area (Å²) in [4.78, 5) is 21.2. The number of carbonyl (C=O) groups is 1. The summed E-state index contributed by atoms with van der Waals surface area (Å²) in [5.41, 5.74) is 3.36. The van der Waals surface area contributed by atoms with Crippen molar-refractivity contribution < 1.29 is 4.79 Å². The number of nitrogens with one attached hydrogen (secondary N) is 1. The largest absolute Gasteiger partial charge is 0.369 e. The highest BCUT2D eigenvalue weighted by molar-refractivity contribution is 6.31. The Labute approximate surface area is 169 Å². The van der Waals surface area contributed by atoms with Crippen molar-refractivity contribution in [2.45, 2.75) is 0 Å². The molecule has 28 heavy (non-hydrogen) atoms. The van der Waals surface area contributed by atoms with Gasteiger partial charge < -0.3 is 15.1 Å². The molecule has 4 rings (SSSR count). The molecule has 1 aliphatic rings. The van der Waals surface area contributed by atoms with E-state index in [1.54, 1.807) is 6.08 Å². The molecule has 1 amide bonds. The van der Waals surface area contributed by atoms with Crippen LogP contribution in [-0.4, -0.2) is 53.4 Å². The average molecular weight is 396 g/mol. The first-order valence-electron chi connectivity index (χ1n) is 9.25. The van der Waals surface area contributed by atoms with Crippen LogP contribution in [-0.2, 0) is 4.79 Å². The Balaban J connectivity index is 1.41. The van der Waals surface area contributed by atoms with E-state index in [2.05, 4.69) is 27.1 Å². The molecule has 1 aromatic carbocycles. The SMILES string of the molecule is CN1CCN(c2ccc(NC(=O)/C=C/c3c(Cl)nc4ccccn34)cc2)CC1. The molecule has 3 heterocycles. The molecule has 7 heteroatoms. The fourth-order valence-corrected chi connectivity index (χ4v) is 3.53. The summed E-state index contributed by atoms with van der Waals surface area (Å²) < 4.78 is 1.84. The van der Waals surface area contributed by atoms with Gasteiger partial charge >= 0.3 is 0 Å². The van der Waals surface area contributed by atoms with Crippen molar-refractivity contribution in [1.82, 2.24) is 14.3 Å². The topological polar surface area (TPSA) is 52.9 Å². The molecular formula is C21H22ClN5O. The van der Waals surface area contributed by atoms with Crippen molar-refractivity contribution in [2.75, 3.05) is 43.4 Å². The number of benzene rings is 1. The van der Waals surface area contributed by atoms with Gasteiger partial charge in [-0.15, -0.1) is 0 Å². The van der Waals surface area contributed by atoms with Gasteiger partial charge in [-0.2, -0.15) is 0 Å². The van der Waals surface area contributed by atoms with Gasteiger partial charge in [-0.05, 0) is 49.5 Å². The minimum atomic E-state index is -0.214. The molecule has 0 radical (unpaired) electrons. The smallest absolute Gasteiger partial charge is 0.248 e. The molecule has 3 aromatic rings. The summed E-state index contributed by atoms with van der Waals surface area (Å²) in [6.45, 7) is 4.17. The first-order chi connectivity index (χ1) is 13.6. The molecule has 1 saturated heterocycles. The van der Waals surface area contributed by atoms with Crippen molar-refractivity contribution in [3.63, 3.8) is 0 Å². The van der Waals surface area contributed by atoms with E-state index < -0.39 is 0 Å². The number of carbonyl (C=O) groups excluding carboxylic acids is 1. The van der Waals surface area contributed by atoms with Crippen LogP contribution in [0.25, 0.3) is 11.7 Å². The summed E-state index contributed by atoms with van der Waals surface area (Å²) >= 11 is 6.19. The van der Waals surface area contributed by atoms with E-state index in [-0.39, 0.29) is 5.91 Å². The van der Waals surface area contributed by atoms with Crippen molar-refractivity contribution in [3.05, 3.63) is 65.6 Å². The number of hydrogen-bond acceptors (Lipinski definition) is 4. The Morgan fingerprint density at radius 2 is 1.86 bits per heavy atom. The number of rotatable bonds is 4. The standard InChI is InChI=1S/C21H22ClN5O/c1-25-12-14-26(15-13-25)17-7-5-16(6-8-17)23-20(28)10-9-18-21(22)24-19-4-2-3-11-27(18)19/h2-11H,12-15H2,1H3,(H,23,28)/b10-9+. The molecule has 0 atom stereocenters. The first-order valence-corrected chi connectivity index (χ1v) is 9.63. The van der Waals surface area contributed by atoms with Gasteiger partial charge in [-0.3, -0.25) is 9.20 Å². The summed E-state index contributed by atoms with van der Waals surface area (Å²) in [5.74, 6) is -0.214. The van der Waals surface area contributed by atoms with Crippen LogP contribution in [0.15, 0.2) is 54.7 Å². The van der Waals surface area contributed by atoms with Gasteiger partial charge in [-0.1, -0.05) is 17.7 Å². The maximum Gasteiger partial charge on any atom is 0.248 e. The molecule has 2 aromatic heterocycles. The van der Waals surface area contributed by atoms with Crippen LogP contribution in [0.2, 0.25) is 5.15 Å². The Hall–Kier alpha value is -2.83. The van der Waals surface area contributed by atoms with E-state index in [9.17, 15) is 4.79 Å². The van der Waals surface area contributed by atoms with Crippen LogP contribution in [0, 0.1) is 0 Å². The fourth-order valence-electron chi connectivity index (χ4n) is 3.29. The van der Waals surface area contributed by atoms with E-state index >= 15 is 0 Å². The van der Waals surface area contributed by atoms with Gasteiger partial charge in [0.25, 0.3) is 0 Å². The lowest BCUT2D eigenvalue weighted by Crippen LogP contribution is -2.44. The summed E-state index contributed by atoms with van der Waals surface area (Å²) in [7, 11) is 2.14. The number of fused-ring (bicyclic) bond motifs is 1. The van der Waals surface area contributed by atoms with E-state index in [1.165, 1.54) is 11.8 Å². The van der Waals surface area contributed by atoms with E-state index in [0.717, 1.165) is 37.5 Å². The van der Waals surface area contributed by atoms with Crippen molar-refractivity contribution >= 4 is 40.6 Å². The minimum Gasteiger partial charge on any atom is -0.369 e. The van der Waals surface area contributed by atoms with Crippen molar-refractivity contribution in [2.24, 2.45) is 0 Å². The molecule has 6 nitrogen and oxygen atoms in total. The highest BCUT2D eigenvalue weighted by Crippen LogP contribution is 2.20. The number of imidazole rings is 1. The quantitative estimate of drug-likeness (QED) is 0.688. The number of pyridine rings is 1. The third kappa shape index (κ3) is 4.03. The Morgan fingerprint density at radius 1 is 1.11 bits per heavy atom. The number of hydrogen-bond donors (Lipinski definition) is 1. The number of nitrogens with zero attached hydrogens (tertiary/aromatic N) is 4. The monoisotopic (exact) mass is 395 g/mol. The first kappa shape index (κ1) is 18.5. The second-order valence-electron chi connectivity index (χ2n) is 6.88. The number of likely N-dealkylation sites (N-methyl/N-ethyl adjacent to an activating group) is 1. The van der Waals surface area contributed by atoms with Crippen LogP contribution < -0.4 is 10.2 Å². The van der Waals surface area contributed by atoms with Gasteiger partial charge in [0.05, 0.1) is 5.69 Å². The molecule has 0 unspecified atom stereocenters. The summed E-state index contributed by atoms with van der Waals surface area (Å²) in [6, 6.07) is 13.6. The lowest BCUT2D eigenvalue weighted by molar-refractivity contribution is -0.111. The van der Waals surface area contributed by atoms with E-state index in [4.69, 9.17) is 11.6 Å². The molecule has 1 N–H and O–H groups in total. The summed E-state index contributed by atoms with van der Waals surface area (Å²) in [6.07, 6.45) is 5.01. The van der Waals surface area contributed by atoms with Gasteiger partial charge in [0, 0.05) is 49.8 Å². The lowest BCUT2D eigenvalue weighted by atomic mass is 10.2. The molecule has 0 aliphatic carbocycles. The maximum atomic E-state index is 12.3. The molecule has 0 saturated carbocycles. The minimum absolute atomic E-state index is 0.214. The normalized spacial score (nSPS) is 15.4. The van der Waals surface area contributed by atoms with Gasteiger partial charge in [0.2, 0.25) is 5.91 Å². The number of halogens is 1. The van der Waals surface area contributed by atoms with Crippen LogP contribution in [0.1, 0.15) is 5.69 Å². The number of aromatic nitrogens is 2. The molecule has 0 bridgehead atoms. The third-order valence-corrected chi connectivity index (χ3v) is 5.20. The molecular weight excluding hydrogens is 374 g/mol. The average Bonchev–Trinajstić information content (AvgIpc) is 3.03.